The first kappa shape index (κ1) is 13.7. The Labute approximate surface area is 109 Å². The van der Waals surface area contributed by atoms with Gasteiger partial charge in [0.2, 0.25) is 0 Å². The van der Waals surface area contributed by atoms with Crippen molar-refractivity contribution in [1.82, 2.24) is 4.90 Å². The summed E-state index contributed by atoms with van der Waals surface area (Å²) in [7, 11) is 0. The van der Waals surface area contributed by atoms with Gasteiger partial charge in [0.1, 0.15) is 0 Å². The fraction of sp³-hybridized carbons (Fsp3) is 0.929. The van der Waals surface area contributed by atoms with E-state index in [-0.39, 0.29) is 11.7 Å². The second-order valence-electron chi connectivity index (χ2n) is 5.83. The van der Waals surface area contributed by atoms with Crippen LogP contribution in [0.3, 0.4) is 0 Å². The van der Waals surface area contributed by atoms with Crippen LogP contribution in [0.25, 0.3) is 0 Å². The number of nitrogens with zero attached hydrogens (tertiary/aromatic N) is 1. The first-order valence-corrected chi connectivity index (χ1v) is 7.27. The number of aliphatic hydroxyl groups is 1. The van der Waals surface area contributed by atoms with Crippen LogP contribution in [0.1, 0.15) is 51.9 Å². The summed E-state index contributed by atoms with van der Waals surface area (Å²) < 4.78 is 5.21. The third-order valence-corrected chi connectivity index (χ3v) is 4.09. The third kappa shape index (κ3) is 3.87. The van der Waals surface area contributed by atoms with Crippen molar-refractivity contribution in [2.45, 2.75) is 57.5 Å². The second kappa shape index (κ2) is 5.91. The molecule has 104 valence electrons. The minimum absolute atomic E-state index is 0.160. The molecule has 1 heterocycles. The number of hydrogen-bond acceptors (Lipinski definition) is 3. The van der Waals surface area contributed by atoms with Gasteiger partial charge < -0.3 is 14.7 Å². The normalized spacial score (nSPS) is 22.9. The average Bonchev–Trinajstić information content (AvgIpc) is 3.08. The Bertz CT molecular complexity index is 281. The van der Waals surface area contributed by atoms with Gasteiger partial charge in [-0.25, -0.2) is 4.79 Å². The molecule has 2 aliphatic rings. The van der Waals surface area contributed by atoms with E-state index in [2.05, 4.69) is 6.92 Å². The topological polar surface area (TPSA) is 49.8 Å². The molecule has 0 spiro atoms. The first-order valence-electron chi connectivity index (χ1n) is 7.27. The average molecular weight is 255 g/mol. The number of carbonyl (C=O) groups is 1. The molecule has 4 nitrogen and oxygen atoms in total. The number of hydrogen-bond donors (Lipinski definition) is 1. The van der Waals surface area contributed by atoms with Crippen LogP contribution in [-0.4, -0.2) is 41.4 Å². The Morgan fingerprint density at radius 2 is 2.06 bits per heavy atom. The zero-order chi connectivity index (χ0) is 13.0. The van der Waals surface area contributed by atoms with Gasteiger partial charge in [-0.15, -0.1) is 0 Å². The highest BCUT2D eigenvalue weighted by molar-refractivity contribution is 5.67. The summed E-state index contributed by atoms with van der Waals surface area (Å²) in [5.41, 5.74) is -0.353. The van der Waals surface area contributed by atoms with Crippen molar-refractivity contribution in [2.75, 3.05) is 19.7 Å². The summed E-state index contributed by atoms with van der Waals surface area (Å²) in [6.45, 7) is 4.19. The summed E-state index contributed by atoms with van der Waals surface area (Å²) in [5.74, 6) is 0.581. The summed E-state index contributed by atoms with van der Waals surface area (Å²) in [6, 6.07) is 0. The third-order valence-electron chi connectivity index (χ3n) is 4.09. The van der Waals surface area contributed by atoms with E-state index < -0.39 is 0 Å². The van der Waals surface area contributed by atoms with Crippen LogP contribution in [0.4, 0.5) is 4.79 Å². The highest BCUT2D eigenvalue weighted by Crippen LogP contribution is 2.42. The molecule has 0 aromatic rings. The number of piperidine rings is 1. The van der Waals surface area contributed by atoms with E-state index in [0.29, 0.717) is 12.5 Å². The summed E-state index contributed by atoms with van der Waals surface area (Å²) in [5, 5.41) is 9.89. The highest BCUT2D eigenvalue weighted by atomic mass is 16.6. The van der Waals surface area contributed by atoms with Crippen molar-refractivity contribution in [3.63, 3.8) is 0 Å². The smallest absolute Gasteiger partial charge is 0.409 e. The lowest BCUT2D eigenvalue weighted by atomic mass is 9.90. The predicted molar refractivity (Wildman–Crippen MR) is 69.4 cm³/mol. The van der Waals surface area contributed by atoms with Gasteiger partial charge in [-0.3, -0.25) is 0 Å². The van der Waals surface area contributed by atoms with E-state index in [1.54, 1.807) is 0 Å². The number of unbranched alkanes of at least 4 members (excludes halogenated alkanes) is 1. The minimum atomic E-state index is -0.353. The first-order chi connectivity index (χ1) is 8.63. The maximum atomic E-state index is 11.7. The van der Waals surface area contributed by atoms with Crippen LogP contribution in [0.2, 0.25) is 0 Å². The molecule has 2 rings (SSSR count). The molecule has 0 aromatic heterocycles. The van der Waals surface area contributed by atoms with Crippen molar-refractivity contribution in [3.8, 4) is 0 Å². The number of rotatable bonds is 5. The van der Waals surface area contributed by atoms with Gasteiger partial charge in [-0.05, 0) is 44.4 Å². The van der Waals surface area contributed by atoms with E-state index in [1.165, 1.54) is 0 Å². The van der Waals surface area contributed by atoms with E-state index >= 15 is 0 Å². The summed E-state index contributed by atoms with van der Waals surface area (Å²) in [4.78, 5) is 13.5. The molecule has 1 aliphatic carbocycles. The number of amides is 1. The SMILES string of the molecule is CCCCOC(=O)N1CCC(CC2(O)CC2)CC1. The fourth-order valence-corrected chi connectivity index (χ4v) is 2.60. The van der Waals surface area contributed by atoms with Gasteiger partial charge in [0, 0.05) is 13.1 Å². The van der Waals surface area contributed by atoms with Crippen LogP contribution in [0.5, 0.6) is 0 Å². The molecule has 2 fully saturated rings. The van der Waals surface area contributed by atoms with Gasteiger partial charge in [0.05, 0.1) is 12.2 Å². The summed E-state index contributed by atoms with van der Waals surface area (Å²) >= 11 is 0. The van der Waals surface area contributed by atoms with Crippen LogP contribution >= 0.6 is 0 Å². The van der Waals surface area contributed by atoms with Crippen molar-refractivity contribution in [1.29, 1.82) is 0 Å². The monoisotopic (exact) mass is 255 g/mol. The van der Waals surface area contributed by atoms with Crippen LogP contribution in [-0.2, 0) is 4.74 Å². The van der Waals surface area contributed by atoms with E-state index in [0.717, 1.165) is 58.0 Å². The van der Waals surface area contributed by atoms with E-state index in [9.17, 15) is 9.90 Å². The van der Waals surface area contributed by atoms with E-state index in [4.69, 9.17) is 4.74 Å². The summed E-state index contributed by atoms with van der Waals surface area (Å²) in [6.07, 6.45) is 6.69. The zero-order valence-electron chi connectivity index (χ0n) is 11.4. The Morgan fingerprint density at radius 1 is 1.39 bits per heavy atom. The standard InChI is InChI=1S/C14H25NO3/c1-2-3-10-18-13(16)15-8-4-12(5-9-15)11-14(17)6-7-14/h12,17H,2-11H2,1H3. The number of carbonyl (C=O) groups excluding carboxylic acids is 1. The quantitative estimate of drug-likeness (QED) is 0.768. The number of likely N-dealkylation sites (tertiary alicyclic amines) is 1. The molecule has 18 heavy (non-hydrogen) atoms. The lowest BCUT2D eigenvalue weighted by molar-refractivity contribution is 0.0696. The van der Waals surface area contributed by atoms with Crippen LogP contribution in [0, 0.1) is 5.92 Å². The molecule has 0 atom stereocenters. The Kier molecular flexibility index (Phi) is 4.49. The lowest BCUT2D eigenvalue weighted by Crippen LogP contribution is -2.39. The molecule has 0 radical (unpaired) electrons. The van der Waals surface area contributed by atoms with Gasteiger partial charge in [-0.2, -0.15) is 0 Å². The molecule has 1 saturated carbocycles. The van der Waals surface area contributed by atoms with Gasteiger partial charge >= 0.3 is 6.09 Å². The largest absolute Gasteiger partial charge is 0.449 e. The molecule has 1 N–H and O–H groups in total. The molecule has 0 unspecified atom stereocenters. The molecule has 0 aromatic carbocycles. The predicted octanol–water partition coefficient (Wildman–Crippen LogP) is 2.55. The maximum absolute atomic E-state index is 11.7. The molecule has 0 bridgehead atoms. The minimum Gasteiger partial charge on any atom is -0.449 e. The Hall–Kier alpha value is -0.770. The Balaban J connectivity index is 1.64. The van der Waals surface area contributed by atoms with Crippen molar-refractivity contribution < 1.29 is 14.6 Å². The van der Waals surface area contributed by atoms with Crippen molar-refractivity contribution in [2.24, 2.45) is 5.92 Å². The molecule has 1 aliphatic heterocycles. The van der Waals surface area contributed by atoms with Crippen LogP contribution in [0.15, 0.2) is 0 Å². The second-order valence-corrected chi connectivity index (χ2v) is 5.83. The molecule has 4 heteroatoms. The molecular weight excluding hydrogens is 230 g/mol. The lowest BCUT2D eigenvalue weighted by Gasteiger charge is -2.32. The molecule has 1 saturated heterocycles. The Morgan fingerprint density at radius 3 is 2.61 bits per heavy atom. The molecular formula is C14H25NO3. The number of ether oxygens (including phenoxy) is 1. The van der Waals surface area contributed by atoms with Crippen LogP contribution < -0.4 is 0 Å². The maximum Gasteiger partial charge on any atom is 0.409 e. The van der Waals surface area contributed by atoms with E-state index in [1.807, 2.05) is 4.90 Å². The van der Waals surface area contributed by atoms with Gasteiger partial charge in [0.15, 0.2) is 0 Å². The zero-order valence-corrected chi connectivity index (χ0v) is 11.4. The fourth-order valence-electron chi connectivity index (χ4n) is 2.60. The van der Waals surface area contributed by atoms with Gasteiger partial charge in [0.25, 0.3) is 0 Å². The van der Waals surface area contributed by atoms with Gasteiger partial charge in [-0.1, -0.05) is 13.3 Å². The van der Waals surface area contributed by atoms with Crippen molar-refractivity contribution >= 4 is 6.09 Å². The van der Waals surface area contributed by atoms with Crippen molar-refractivity contribution in [3.05, 3.63) is 0 Å². The molecule has 1 amide bonds. The highest BCUT2D eigenvalue weighted by Gasteiger charge is 2.42.